The number of rotatable bonds is 4. The minimum absolute atomic E-state index is 0.0680. The van der Waals surface area contributed by atoms with Crippen molar-refractivity contribution in [3.05, 3.63) is 59.0 Å². The first kappa shape index (κ1) is 13.6. The average molecular weight is 282 g/mol. The molecule has 0 bridgehead atoms. The molecule has 3 rings (SSSR count). The number of carbonyl (C=O) groups is 1. The molecule has 1 aliphatic rings. The fraction of sp³-hybridized carbons (Fsp3) is 0.294. The van der Waals surface area contributed by atoms with E-state index >= 15 is 0 Å². The predicted octanol–water partition coefficient (Wildman–Crippen LogP) is 2.64. The monoisotopic (exact) mass is 282 g/mol. The third-order valence-electron chi connectivity index (χ3n) is 4.04. The van der Waals surface area contributed by atoms with E-state index in [4.69, 9.17) is 0 Å². The Labute approximate surface area is 123 Å². The van der Waals surface area contributed by atoms with Crippen molar-refractivity contribution in [2.75, 3.05) is 6.54 Å². The molecule has 1 saturated carbocycles. The second-order valence-corrected chi connectivity index (χ2v) is 5.38. The predicted molar refractivity (Wildman–Crippen MR) is 83.6 cm³/mol. The van der Waals surface area contributed by atoms with Crippen LogP contribution in [0, 0.1) is 0 Å². The van der Waals surface area contributed by atoms with Crippen LogP contribution in [0.1, 0.15) is 35.8 Å². The third kappa shape index (κ3) is 2.37. The number of amides is 1. The van der Waals surface area contributed by atoms with Gasteiger partial charge in [0, 0.05) is 18.0 Å². The summed E-state index contributed by atoms with van der Waals surface area (Å²) in [5.41, 5.74) is 0.381. The van der Waals surface area contributed by atoms with Crippen molar-refractivity contribution in [3.8, 4) is 0 Å². The van der Waals surface area contributed by atoms with E-state index in [2.05, 4.69) is 11.9 Å². The van der Waals surface area contributed by atoms with Crippen molar-refractivity contribution in [1.29, 1.82) is 0 Å². The van der Waals surface area contributed by atoms with E-state index in [9.17, 15) is 9.59 Å². The van der Waals surface area contributed by atoms with Gasteiger partial charge in [-0.05, 0) is 36.8 Å². The first-order valence-corrected chi connectivity index (χ1v) is 7.25. The Balaban J connectivity index is 2.18. The molecule has 1 fully saturated rings. The van der Waals surface area contributed by atoms with Crippen molar-refractivity contribution in [2.24, 2.45) is 0 Å². The lowest BCUT2D eigenvalue weighted by Gasteiger charge is -2.30. The number of hydrogen-bond acceptors (Lipinski definition) is 2. The molecule has 0 radical (unpaired) electrons. The van der Waals surface area contributed by atoms with Gasteiger partial charge in [0.15, 0.2) is 0 Å². The van der Waals surface area contributed by atoms with Gasteiger partial charge in [0.1, 0.15) is 5.69 Å². The van der Waals surface area contributed by atoms with E-state index in [-0.39, 0.29) is 17.5 Å². The van der Waals surface area contributed by atoms with Crippen LogP contribution in [0.5, 0.6) is 0 Å². The summed E-state index contributed by atoms with van der Waals surface area (Å²) in [7, 11) is 0. The molecule has 21 heavy (non-hydrogen) atoms. The molecule has 1 aliphatic carbocycles. The first-order chi connectivity index (χ1) is 10.2. The number of benzene rings is 1. The van der Waals surface area contributed by atoms with Gasteiger partial charge in [0.05, 0.1) is 0 Å². The number of carbonyl (C=O) groups excluding carboxylic acids is 1. The van der Waals surface area contributed by atoms with E-state index in [1.807, 2.05) is 30.3 Å². The molecule has 1 N–H and O–H groups in total. The molecule has 0 unspecified atom stereocenters. The number of hydrogen-bond donors (Lipinski definition) is 1. The Bertz CT molecular complexity index is 757. The summed E-state index contributed by atoms with van der Waals surface area (Å²) in [4.78, 5) is 25.1. The Morgan fingerprint density at radius 1 is 1.38 bits per heavy atom. The summed E-state index contributed by atoms with van der Waals surface area (Å²) < 4.78 is 1.67. The van der Waals surface area contributed by atoms with Crippen molar-refractivity contribution < 1.29 is 4.79 Å². The molecule has 4 heteroatoms. The molecule has 1 aromatic carbocycles. The van der Waals surface area contributed by atoms with Gasteiger partial charge in [0.2, 0.25) is 0 Å². The van der Waals surface area contributed by atoms with E-state index in [1.54, 1.807) is 10.6 Å². The van der Waals surface area contributed by atoms with Crippen LogP contribution in [0.15, 0.2) is 47.8 Å². The standard InChI is InChI=1S/C17H18N2O2/c1-2-10-18-16(20)15-11-12-6-3-4-9-14(12)17(21)19(15)13-7-5-8-13/h2-4,6,9,11,13H,1,5,7-8,10H2,(H,18,20). The molecule has 4 nitrogen and oxygen atoms in total. The van der Waals surface area contributed by atoms with Crippen LogP contribution in [0.3, 0.4) is 0 Å². The van der Waals surface area contributed by atoms with Gasteiger partial charge in [-0.1, -0.05) is 24.3 Å². The van der Waals surface area contributed by atoms with E-state index in [1.165, 1.54) is 0 Å². The zero-order valence-corrected chi connectivity index (χ0v) is 11.8. The molecule has 1 amide bonds. The van der Waals surface area contributed by atoms with Gasteiger partial charge in [-0.3, -0.25) is 9.59 Å². The highest BCUT2D eigenvalue weighted by Gasteiger charge is 2.26. The molecule has 0 spiro atoms. The van der Waals surface area contributed by atoms with Gasteiger partial charge in [-0.15, -0.1) is 6.58 Å². The van der Waals surface area contributed by atoms with Gasteiger partial charge in [-0.2, -0.15) is 0 Å². The maximum Gasteiger partial charge on any atom is 0.268 e. The Kier molecular flexibility index (Phi) is 3.60. The van der Waals surface area contributed by atoms with Gasteiger partial charge in [0.25, 0.3) is 11.5 Å². The third-order valence-corrected chi connectivity index (χ3v) is 4.04. The number of fused-ring (bicyclic) bond motifs is 1. The van der Waals surface area contributed by atoms with Crippen molar-refractivity contribution in [1.82, 2.24) is 9.88 Å². The normalized spacial score (nSPS) is 14.7. The Morgan fingerprint density at radius 3 is 2.81 bits per heavy atom. The van der Waals surface area contributed by atoms with Crippen LogP contribution in [0.4, 0.5) is 0 Å². The van der Waals surface area contributed by atoms with Crippen LogP contribution in [0.25, 0.3) is 10.8 Å². The lowest BCUT2D eigenvalue weighted by atomic mass is 9.92. The van der Waals surface area contributed by atoms with Crippen LogP contribution < -0.4 is 10.9 Å². The highest BCUT2D eigenvalue weighted by Crippen LogP contribution is 2.32. The summed E-state index contributed by atoms with van der Waals surface area (Å²) in [5, 5.41) is 4.25. The SMILES string of the molecule is C=CCNC(=O)c1cc2ccccc2c(=O)n1C1CCC1. The topological polar surface area (TPSA) is 51.1 Å². The van der Waals surface area contributed by atoms with Crippen molar-refractivity contribution in [2.45, 2.75) is 25.3 Å². The maximum atomic E-state index is 12.7. The van der Waals surface area contributed by atoms with E-state index < -0.39 is 0 Å². The molecule has 108 valence electrons. The lowest BCUT2D eigenvalue weighted by Crippen LogP contribution is -2.36. The highest BCUT2D eigenvalue weighted by molar-refractivity contribution is 5.96. The summed E-state index contributed by atoms with van der Waals surface area (Å²) in [5.74, 6) is -0.218. The zero-order chi connectivity index (χ0) is 14.8. The average Bonchev–Trinajstić information content (AvgIpc) is 2.45. The van der Waals surface area contributed by atoms with Crippen LogP contribution in [0.2, 0.25) is 0 Å². The summed E-state index contributed by atoms with van der Waals surface area (Å²) in [6.45, 7) is 3.99. The number of nitrogens with zero attached hydrogens (tertiary/aromatic N) is 1. The highest BCUT2D eigenvalue weighted by atomic mass is 16.2. The minimum atomic E-state index is -0.218. The van der Waals surface area contributed by atoms with Gasteiger partial charge >= 0.3 is 0 Å². The maximum absolute atomic E-state index is 12.7. The number of pyridine rings is 1. The molecule has 2 aromatic rings. The fourth-order valence-corrected chi connectivity index (χ4v) is 2.71. The fourth-order valence-electron chi connectivity index (χ4n) is 2.71. The smallest absolute Gasteiger partial charge is 0.268 e. The minimum Gasteiger partial charge on any atom is -0.347 e. The first-order valence-electron chi connectivity index (χ1n) is 7.25. The Morgan fingerprint density at radius 2 is 2.14 bits per heavy atom. The summed E-state index contributed by atoms with van der Waals surface area (Å²) in [6.07, 6.45) is 4.66. The molecule has 0 atom stereocenters. The summed E-state index contributed by atoms with van der Waals surface area (Å²) in [6, 6.07) is 9.37. The van der Waals surface area contributed by atoms with Crippen molar-refractivity contribution in [3.63, 3.8) is 0 Å². The molecular weight excluding hydrogens is 264 g/mol. The number of nitrogens with one attached hydrogen (secondary N) is 1. The van der Waals surface area contributed by atoms with Gasteiger partial charge in [-0.25, -0.2) is 0 Å². The second-order valence-electron chi connectivity index (χ2n) is 5.38. The lowest BCUT2D eigenvalue weighted by molar-refractivity contribution is 0.0941. The molecule has 1 heterocycles. The van der Waals surface area contributed by atoms with Crippen LogP contribution in [-0.4, -0.2) is 17.0 Å². The van der Waals surface area contributed by atoms with E-state index in [0.717, 1.165) is 24.6 Å². The number of aromatic nitrogens is 1. The van der Waals surface area contributed by atoms with Gasteiger partial charge < -0.3 is 9.88 Å². The van der Waals surface area contributed by atoms with Crippen molar-refractivity contribution >= 4 is 16.7 Å². The second kappa shape index (κ2) is 5.56. The van der Waals surface area contributed by atoms with Crippen LogP contribution >= 0.6 is 0 Å². The molecule has 0 saturated heterocycles. The Hall–Kier alpha value is -2.36. The zero-order valence-electron chi connectivity index (χ0n) is 11.8. The van der Waals surface area contributed by atoms with Crippen LogP contribution in [-0.2, 0) is 0 Å². The molecule has 0 aliphatic heterocycles. The molecular formula is C17H18N2O2. The quantitative estimate of drug-likeness (QED) is 0.876. The van der Waals surface area contributed by atoms with E-state index in [0.29, 0.717) is 17.6 Å². The summed E-state index contributed by atoms with van der Waals surface area (Å²) >= 11 is 0. The largest absolute Gasteiger partial charge is 0.347 e. The molecule has 1 aromatic heterocycles.